The number of carbonyl (C=O) groups is 1. The van der Waals surface area contributed by atoms with Gasteiger partial charge in [0.1, 0.15) is 6.54 Å². The molecule has 2 aliphatic heterocycles. The fraction of sp³-hybridized carbons (Fsp3) is 0.0833. The third kappa shape index (κ3) is 1.89. The Balaban J connectivity index is 2.12. The Bertz CT molecular complexity index is 612. The summed E-state index contributed by atoms with van der Waals surface area (Å²) in [5.41, 5.74) is 7.96. The molecular weight excluding hydrogens is 245 g/mol. The highest BCUT2D eigenvalue weighted by Gasteiger charge is 2.26. The van der Waals surface area contributed by atoms with E-state index in [9.17, 15) is 14.8 Å². The van der Waals surface area contributed by atoms with Crippen LogP contribution in [0.2, 0.25) is 0 Å². The molecule has 0 atom stereocenters. The molecule has 0 saturated heterocycles. The first-order valence-electron chi connectivity index (χ1n) is 5.81. The zero-order chi connectivity index (χ0) is 13.6. The van der Waals surface area contributed by atoms with Crippen molar-refractivity contribution < 1.29 is 14.8 Å². The average Bonchev–Trinajstić information content (AvgIpc) is 2.37. The summed E-state index contributed by atoms with van der Waals surface area (Å²) in [6, 6.07) is 3.30. The number of nitrogens with zero attached hydrogens (tertiary/aromatic N) is 2. The van der Waals surface area contributed by atoms with Crippen molar-refractivity contribution in [3.8, 4) is 0 Å². The number of fused-ring (bicyclic) bond motifs is 3. The zero-order valence-corrected chi connectivity index (χ0v) is 10.0. The Kier molecular flexibility index (Phi) is 2.58. The van der Waals surface area contributed by atoms with Gasteiger partial charge in [-0.25, -0.2) is 0 Å². The van der Waals surface area contributed by atoms with Crippen LogP contribution in [0.3, 0.4) is 0 Å². The molecule has 4 N–H and O–H groups in total. The summed E-state index contributed by atoms with van der Waals surface area (Å²) in [5, 5.41) is 22.1. The molecule has 2 aliphatic rings. The highest BCUT2D eigenvalue weighted by atomic mass is 16.4. The van der Waals surface area contributed by atoms with Crippen molar-refractivity contribution >= 4 is 35.8 Å². The molecule has 0 fully saturated rings. The second-order valence-corrected chi connectivity index (χ2v) is 4.45. The van der Waals surface area contributed by atoms with Crippen LogP contribution in [0.5, 0.6) is 0 Å². The molecule has 1 aromatic rings. The largest absolute Gasteiger partial charge is 0.490 e. The van der Waals surface area contributed by atoms with Crippen molar-refractivity contribution in [1.82, 2.24) is 5.01 Å². The standard InChI is InChI=1S/C12H12BN3O3/c14-11-5-8-1-3-15-7-9(17)2-4-16(15)12(8)6-10(11)13(18)19/h1-6,18-19H,7,14H2. The molecule has 7 heteroatoms. The van der Waals surface area contributed by atoms with Crippen LogP contribution in [0.15, 0.2) is 30.6 Å². The van der Waals surface area contributed by atoms with Crippen LogP contribution in [0, 0.1) is 0 Å². The van der Waals surface area contributed by atoms with E-state index in [1.807, 2.05) is 6.08 Å². The molecule has 1 aromatic carbocycles. The van der Waals surface area contributed by atoms with Crippen molar-refractivity contribution in [1.29, 1.82) is 0 Å². The van der Waals surface area contributed by atoms with E-state index >= 15 is 0 Å². The maximum absolute atomic E-state index is 11.4. The monoisotopic (exact) mass is 257 g/mol. The van der Waals surface area contributed by atoms with Crippen LogP contribution in [-0.2, 0) is 4.79 Å². The number of benzene rings is 1. The van der Waals surface area contributed by atoms with Gasteiger partial charge in [0, 0.05) is 35.2 Å². The van der Waals surface area contributed by atoms with Crippen molar-refractivity contribution in [2.24, 2.45) is 0 Å². The predicted octanol–water partition coefficient (Wildman–Crippen LogP) is -0.947. The first-order chi connectivity index (χ1) is 9.06. The van der Waals surface area contributed by atoms with Crippen molar-refractivity contribution in [3.63, 3.8) is 0 Å². The number of nitrogens with two attached hydrogens (primary N) is 1. The number of ketones is 1. The molecule has 2 heterocycles. The second-order valence-electron chi connectivity index (χ2n) is 4.45. The van der Waals surface area contributed by atoms with Gasteiger partial charge in [-0.15, -0.1) is 0 Å². The lowest BCUT2D eigenvalue weighted by Crippen LogP contribution is -2.44. The van der Waals surface area contributed by atoms with Crippen LogP contribution >= 0.6 is 0 Å². The van der Waals surface area contributed by atoms with Gasteiger partial charge in [-0.2, -0.15) is 0 Å². The van der Waals surface area contributed by atoms with Crippen LogP contribution in [0.1, 0.15) is 5.56 Å². The molecule has 0 aliphatic carbocycles. The van der Waals surface area contributed by atoms with Crippen molar-refractivity contribution in [2.45, 2.75) is 0 Å². The minimum atomic E-state index is -1.62. The molecular formula is C12H12BN3O3. The fourth-order valence-electron chi connectivity index (χ4n) is 2.23. The predicted molar refractivity (Wildman–Crippen MR) is 73.0 cm³/mol. The molecule has 3 rings (SSSR count). The van der Waals surface area contributed by atoms with Gasteiger partial charge < -0.3 is 15.8 Å². The summed E-state index contributed by atoms with van der Waals surface area (Å²) in [5.74, 6) is 0.0159. The lowest BCUT2D eigenvalue weighted by molar-refractivity contribution is -0.115. The Hall–Kier alpha value is -2.25. The minimum absolute atomic E-state index is 0.0159. The third-order valence-corrected chi connectivity index (χ3v) is 3.18. The molecule has 0 amide bonds. The van der Waals surface area contributed by atoms with E-state index < -0.39 is 7.12 Å². The molecule has 6 nitrogen and oxygen atoms in total. The van der Waals surface area contributed by atoms with E-state index in [1.54, 1.807) is 34.6 Å². The first kappa shape index (κ1) is 11.8. The van der Waals surface area contributed by atoms with Crippen molar-refractivity contribution in [3.05, 3.63) is 36.2 Å². The molecule has 19 heavy (non-hydrogen) atoms. The van der Waals surface area contributed by atoms with Crippen LogP contribution in [0.25, 0.3) is 6.08 Å². The van der Waals surface area contributed by atoms with E-state index in [0.29, 0.717) is 5.69 Å². The summed E-state index contributed by atoms with van der Waals surface area (Å²) < 4.78 is 0. The molecule has 0 saturated carbocycles. The number of rotatable bonds is 1. The number of carbonyl (C=O) groups excluding carboxylic acids is 1. The maximum atomic E-state index is 11.4. The topological polar surface area (TPSA) is 90.0 Å². The van der Waals surface area contributed by atoms with E-state index in [0.717, 1.165) is 11.3 Å². The lowest BCUT2D eigenvalue weighted by Gasteiger charge is -2.38. The van der Waals surface area contributed by atoms with Gasteiger partial charge in [0.05, 0.1) is 5.69 Å². The van der Waals surface area contributed by atoms with E-state index in [1.165, 1.54) is 6.08 Å². The molecule has 0 unspecified atom stereocenters. The maximum Gasteiger partial charge on any atom is 0.490 e. The highest BCUT2D eigenvalue weighted by molar-refractivity contribution is 6.60. The summed E-state index contributed by atoms with van der Waals surface area (Å²) >= 11 is 0. The van der Waals surface area contributed by atoms with Gasteiger partial charge in [0.25, 0.3) is 0 Å². The van der Waals surface area contributed by atoms with E-state index in [-0.39, 0.29) is 17.8 Å². The van der Waals surface area contributed by atoms with E-state index in [4.69, 9.17) is 5.73 Å². The first-order valence-corrected chi connectivity index (χ1v) is 5.81. The summed E-state index contributed by atoms with van der Waals surface area (Å²) in [6.45, 7) is 0.258. The SMILES string of the molecule is Nc1cc2c(cc1B(O)O)N1C=CC(=O)CN1C=C2. The van der Waals surface area contributed by atoms with Crippen LogP contribution in [0.4, 0.5) is 11.4 Å². The molecule has 96 valence electrons. The summed E-state index contributed by atoms with van der Waals surface area (Å²) in [7, 11) is -1.62. The van der Waals surface area contributed by atoms with Gasteiger partial charge >= 0.3 is 7.12 Å². The third-order valence-electron chi connectivity index (χ3n) is 3.18. The van der Waals surface area contributed by atoms with Crippen LogP contribution in [-0.4, -0.2) is 34.5 Å². The number of hydrogen-bond acceptors (Lipinski definition) is 6. The number of anilines is 2. The van der Waals surface area contributed by atoms with E-state index in [2.05, 4.69) is 0 Å². The highest BCUT2D eigenvalue weighted by Crippen LogP contribution is 2.30. The molecule has 0 radical (unpaired) electrons. The normalized spacial score (nSPS) is 16.4. The minimum Gasteiger partial charge on any atom is -0.423 e. The molecule has 0 aromatic heterocycles. The van der Waals surface area contributed by atoms with Gasteiger partial charge in [-0.1, -0.05) is 0 Å². The van der Waals surface area contributed by atoms with Gasteiger partial charge in [0.15, 0.2) is 5.78 Å². The Morgan fingerprint density at radius 3 is 2.74 bits per heavy atom. The summed E-state index contributed by atoms with van der Waals surface area (Å²) in [4.78, 5) is 11.4. The smallest absolute Gasteiger partial charge is 0.423 e. The molecule has 0 spiro atoms. The Morgan fingerprint density at radius 2 is 2.00 bits per heavy atom. The Labute approximate surface area is 110 Å². The second kappa shape index (κ2) is 4.15. The van der Waals surface area contributed by atoms with Gasteiger partial charge in [-0.05, 0) is 18.2 Å². The van der Waals surface area contributed by atoms with Crippen molar-refractivity contribution in [2.75, 3.05) is 17.3 Å². The van der Waals surface area contributed by atoms with Gasteiger partial charge in [0.2, 0.25) is 0 Å². The molecule has 0 bridgehead atoms. The number of hydrogen-bond donors (Lipinski definition) is 3. The zero-order valence-electron chi connectivity index (χ0n) is 10.0. The summed E-state index contributed by atoms with van der Waals surface area (Å²) in [6.07, 6.45) is 6.77. The van der Waals surface area contributed by atoms with Crippen LogP contribution < -0.4 is 16.2 Å². The number of hydrazine groups is 1. The van der Waals surface area contributed by atoms with Gasteiger partial charge in [-0.3, -0.25) is 14.8 Å². The quantitative estimate of drug-likeness (QED) is 0.444. The lowest BCUT2D eigenvalue weighted by atomic mass is 9.78. The number of nitrogen functional groups attached to an aromatic ring is 1. The fourth-order valence-corrected chi connectivity index (χ4v) is 2.23. The Morgan fingerprint density at radius 1 is 1.21 bits per heavy atom. The average molecular weight is 257 g/mol.